The summed E-state index contributed by atoms with van der Waals surface area (Å²) in [5, 5.41) is 3.55. The monoisotopic (exact) mass is 221 g/mol. The molecule has 3 heteroatoms. The number of hydrogen-bond donors (Lipinski definition) is 1. The predicted molar refractivity (Wildman–Crippen MR) is 66.3 cm³/mol. The first-order valence-electron chi connectivity index (χ1n) is 6.41. The minimum atomic E-state index is 0.756. The molecule has 0 spiro atoms. The summed E-state index contributed by atoms with van der Waals surface area (Å²) < 4.78 is 2.36. The number of nitrogens with one attached hydrogen (secondary N) is 1. The quantitative estimate of drug-likeness (QED) is 0.800. The van der Waals surface area contributed by atoms with Crippen molar-refractivity contribution in [2.24, 2.45) is 5.92 Å². The summed E-state index contributed by atoms with van der Waals surface area (Å²) in [6, 6.07) is 0.772. The molecule has 0 bridgehead atoms. The van der Waals surface area contributed by atoms with Crippen molar-refractivity contribution in [3.63, 3.8) is 0 Å². The van der Waals surface area contributed by atoms with E-state index in [-0.39, 0.29) is 0 Å². The van der Waals surface area contributed by atoms with Crippen molar-refractivity contribution in [3.8, 4) is 0 Å². The predicted octanol–water partition coefficient (Wildman–Crippen LogP) is 2.49. The zero-order chi connectivity index (χ0) is 11.5. The van der Waals surface area contributed by atoms with Gasteiger partial charge in [-0.2, -0.15) is 0 Å². The second-order valence-corrected chi connectivity index (χ2v) is 5.29. The Balaban J connectivity index is 1.93. The largest absolute Gasteiger partial charge is 0.331 e. The van der Waals surface area contributed by atoms with E-state index in [9.17, 15) is 0 Å². The van der Waals surface area contributed by atoms with Crippen LogP contribution in [0.15, 0.2) is 6.20 Å². The van der Waals surface area contributed by atoms with E-state index in [0.717, 1.165) is 30.9 Å². The lowest BCUT2D eigenvalue weighted by molar-refractivity contribution is 0.493. The highest BCUT2D eigenvalue weighted by molar-refractivity contribution is 5.05. The van der Waals surface area contributed by atoms with E-state index < -0.39 is 0 Å². The van der Waals surface area contributed by atoms with Gasteiger partial charge in [-0.05, 0) is 32.1 Å². The number of imidazole rings is 1. The molecule has 1 heterocycles. The third-order valence-electron chi connectivity index (χ3n) is 3.22. The van der Waals surface area contributed by atoms with Crippen LogP contribution in [0.4, 0.5) is 0 Å². The fourth-order valence-electron chi connectivity index (χ4n) is 1.89. The summed E-state index contributed by atoms with van der Waals surface area (Å²) in [6.07, 6.45) is 5.94. The molecule has 0 saturated heterocycles. The second kappa shape index (κ2) is 5.00. The van der Waals surface area contributed by atoms with E-state index in [2.05, 4.69) is 35.6 Å². The Morgan fingerprint density at radius 3 is 2.88 bits per heavy atom. The molecule has 16 heavy (non-hydrogen) atoms. The van der Waals surface area contributed by atoms with E-state index >= 15 is 0 Å². The maximum Gasteiger partial charge on any atom is 0.105 e. The Kier molecular flexibility index (Phi) is 3.64. The summed E-state index contributed by atoms with van der Waals surface area (Å²) in [7, 11) is 0. The highest BCUT2D eigenvalue weighted by atomic mass is 15.1. The molecule has 0 radical (unpaired) electrons. The molecule has 1 fully saturated rings. The van der Waals surface area contributed by atoms with Crippen LogP contribution in [-0.4, -0.2) is 15.6 Å². The van der Waals surface area contributed by atoms with Gasteiger partial charge in [0.2, 0.25) is 0 Å². The molecule has 0 aromatic carbocycles. The normalized spacial score (nSPS) is 16.0. The zero-order valence-electron chi connectivity index (χ0n) is 10.7. The van der Waals surface area contributed by atoms with Crippen LogP contribution in [0.1, 0.15) is 44.6 Å². The van der Waals surface area contributed by atoms with Crippen LogP contribution in [-0.2, 0) is 13.1 Å². The van der Waals surface area contributed by atoms with Gasteiger partial charge < -0.3 is 9.88 Å². The van der Waals surface area contributed by atoms with E-state index in [1.165, 1.54) is 25.0 Å². The van der Waals surface area contributed by atoms with Gasteiger partial charge in [-0.15, -0.1) is 0 Å². The van der Waals surface area contributed by atoms with E-state index in [4.69, 9.17) is 0 Å². The van der Waals surface area contributed by atoms with Crippen LogP contribution in [0.5, 0.6) is 0 Å². The van der Waals surface area contributed by atoms with Crippen LogP contribution in [0.2, 0.25) is 0 Å². The third-order valence-corrected chi connectivity index (χ3v) is 3.22. The molecule has 0 atom stereocenters. The lowest BCUT2D eigenvalue weighted by Crippen LogP contribution is -2.19. The molecule has 1 aromatic heterocycles. The summed E-state index contributed by atoms with van der Waals surface area (Å²) >= 11 is 0. The molecular formula is C13H23N3. The number of nitrogens with zero attached hydrogens (tertiary/aromatic N) is 2. The van der Waals surface area contributed by atoms with Crippen molar-refractivity contribution in [1.29, 1.82) is 0 Å². The molecule has 3 nitrogen and oxygen atoms in total. The van der Waals surface area contributed by atoms with Crippen molar-refractivity contribution >= 4 is 0 Å². The van der Waals surface area contributed by atoms with Gasteiger partial charge in [0.25, 0.3) is 0 Å². The number of aromatic nitrogens is 2. The van der Waals surface area contributed by atoms with Crippen LogP contribution in [0, 0.1) is 12.8 Å². The molecule has 0 amide bonds. The Hall–Kier alpha value is -0.830. The molecule has 1 aliphatic carbocycles. The summed E-state index contributed by atoms with van der Waals surface area (Å²) in [5.74, 6) is 1.90. The lowest BCUT2D eigenvalue weighted by Gasteiger charge is -2.12. The molecule has 1 aromatic rings. The maximum atomic E-state index is 4.42. The van der Waals surface area contributed by atoms with Gasteiger partial charge in [0.05, 0.1) is 5.69 Å². The first kappa shape index (κ1) is 11.6. The molecule has 90 valence electrons. The standard InChI is InChI=1S/C13H23N3/c1-10(2)6-7-16-11(3)14-8-13(16)9-15-12-4-5-12/h8,10,12,15H,4-7,9H2,1-3H3. The topological polar surface area (TPSA) is 29.9 Å². The van der Waals surface area contributed by atoms with Crippen molar-refractivity contribution in [3.05, 3.63) is 17.7 Å². The molecule has 1 N–H and O–H groups in total. The van der Waals surface area contributed by atoms with Gasteiger partial charge in [0.15, 0.2) is 0 Å². The number of hydrogen-bond acceptors (Lipinski definition) is 2. The van der Waals surface area contributed by atoms with Crippen LogP contribution < -0.4 is 5.32 Å². The minimum Gasteiger partial charge on any atom is -0.331 e. The van der Waals surface area contributed by atoms with E-state index in [1.54, 1.807) is 0 Å². The fraction of sp³-hybridized carbons (Fsp3) is 0.769. The number of aryl methyl sites for hydroxylation is 1. The number of rotatable bonds is 6. The molecule has 1 aliphatic rings. The maximum absolute atomic E-state index is 4.42. The molecule has 1 saturated carbocycles. The molecule has 0 aliphatic heterocycles. The highest BCUT2D eigenvalue weighted by Gasteiger charge is 2.20. The van der Waals surface area contributed by atoms with Crippen LogP contribution in [0.25, 0.3) is 0 Å². The van der Waals surface area contributed by atoms with Gasteiger partial charge in [0, 0.05) is 25.3 Å². The van der Waals surface area contributed by atoms with Gasteiger partial charge in [-0.3, -0.25) is 0 Å². The van der Waals surface area contributed by atoms with Gasteiger partial charge in [-0.25, -0.2) is 4.98 Å². The molecular weight excluding hydrogens is 198 g/mol. The molecule has 2 rings (SSSR count). The van der Waals surface area contributed by atoms with E-state index in [1.807, 2.05) is 6.20 Å². The van der Waals surface area contributed by atoms with Crippen LogP contribution in [0.3, 0.4) is 0 Å². The summed E-state index contributed by atoms with van der Waals surface area (Å²) in [5.41, 5.74) is 1.34. The zero-order valence-corrected chi connectivity index (χ0v) is 10.7. The van der Waals surface area contributed by atoms with Gasteiger partial charge in [0.1, 0.15) is 5.82 Å². The van der Waals surface area contributed by atoms with Crippen molar-refractivity contribution in [2.75, 3.05) is 0 Å². The lowest BCUT2D eigenvalue weighted by atomic mass is 10.1. The third kappa shape index (κ3) is 3.08. The minimum absolute atomic E-state index is 0.756. The van der Waals surface area contributed by atoms with Crippen molar-refractivity contribution in [2.45, 2.75) is 59.2 Å². The Bertz CT molecular complexity index is 337. The first-order chi connectivity index (χ1) is 7.66. The summed E-state index contributed by atoms with van der Waals surface area (Å²) in [4.78, 5) is 4.42. The van der Waals surface area contributed by atoms with Crippen LogP contribution >= 0.6 is 0 Å². The fourth-order valence-corrected chi connectivity index (χ4v) is 1.89. The summed E-state index contributed by atoms with van der Waals surface area (Å²) in [6.45, 7) is 8.72. The van der Waals surface area contributed by atoms with Crippen molar-refractivity contribution in [1.82, 2.24) is 14.9 Å². The SMILES string of the molecule is Cc1ncc(CNC2CC2)n1CCC(C)C. The Morgan fingerprint density at radius 2 is 2.25 bits per heavy atom. The van der Waals surface area contributed by atoms with Crippen molar-refractivity contribution < 1.29 is 0 Å². The van der Waals surface area contributed by atoms with E-state index in [0.29, 0.717) is 0 Å². The van der Waals surface area contributed by atoms with Gasteiger partial charge >= 0.3 is 0 Å². The average molecular weight is 221 g/mol. The Morgan fingerprint density at radius 1 is 1.50 bits per heavy atom. The Labute approximate surface area is 98.3 Å². The van der Waals surface area contributed by atoms with Gasteiger partial charge in [-0.1, -0.05) is 13.8 Å². The molecule has 0 unspecified atom stereocenters. The second-order valence-electron chi connectivity index (χ2n) is 5.29. The average Bonchev–Trinajstić information content (AvgIpc) is 2.98. The highest BCUT2D eigenvalue weighted by Crippen LogP contribution is 2.19. The first-order valence-corrected chi connectivity index (χ1v) is 6.41. The smallest absolute Gasteiger partial charge is 0.105 e.